The fourth-order valence-corrected chi connectivity index (χ4v) is 3.38. The van der Waals surface area contributed by atoms with Gasteiger partial charge in [0.05, 0.1) is 11.9 Å². The number of carbonyl (C=O) groups excluding carboxylic acids is 1. The monoisotopic (exact) mass is 338 g/mol. The Morgan fingerprint density at radius 1 is 1.36 bits per heavy atom. The second-order valence-corrected chi connectivity index (χ2v) is 6.56. The predicted octanol–water partition coefficient (Wildman–Crippen LogP) is 1.81. The molecule has 4 heterocycles. The Hall–Kier alpha value is -2.83. The number of fused-ring (bicyclic) bond motifs is 1. The van der Waals surface area contributed by atoms with Gasteiger partial charge in [-0.25, -0.2) is 9.78 Å². The third-order valence-corrected chi connectivity index (χ3v) is 4.74. The Bertz CT molecular complexity index is 849. The number of imidazole rings is 1. The van der Waals surface area contributed by atoms with E-state index in [0.717, 1.165) is 37.3 Å². The summed E-state index contributed by atoms with van der Waals surface area (Å²) in [7, 11) is 1.92. The summed E-state index contributed by atoms with van der Waals surface area (Å²) in [5.74, 6) is 0.387. The minimum Gasteiger partial charge on any atom is -0.338 e. The summed E-state index contributed by atoms with van der Waals surface area (Å²) in [6.07, 6.45) is 9.65. The van der Waals surface area contributed by atoms with E-state index in [4.69, 9.17) is 0 Å². The lowest BCUT2D eigenvalue weighted by Crippen LogP contribution is -2.39. The number of amides is 2. The number of nitrogens with one attached hydrogen (secondary N) is 1. The summed E-state index contributed by atoms with van der Waals surface area (Å²) in [5, 5.41) is 7.23. The van der Waals surface area contributed by atoms with Crippen molar-refractivity contribution in [2.24, 2.45) is 7.05 Å². The van der Waals surface area contributed by atoms with Crippen LogP contribution in [0.5, 0.6) is 0 Å². The van der Waals surface area contributed by atoms with Crippen molar-refractivity contribution >= 4 is 11.7 Å². The second-order valence-electron chi connectivity index (χ2n) is 6.56. The van der Waals surface area contributed by atoms with Crippen molar-refractivity contribution in [2.75, 3.05) is 19.6 Å². The van der Waals surface area contributed by atoms with Gasteiger partial charge < -0.3 is 14.6 Å². The van der Waals surface area contributed by atoms with E-state index in [0.29, 0.717) is 12.5 Å². The number of nitrogens with zero attached hydrogens (tertiary/aromatic N) is 5. The molecule has 0 aliphatic carbocycles. The van der Waals surface area contributed by atoms with Crippen LogP contribution in [0.3, 0.4) is 0 Å². The van der Waals surface area contributed by atoms with Crippen LogP contribution in [0.1, 0.15) is 23.6 Å². The lowest BCUT2D eigenvalue weighted by molar-refractivity contribution is 0.208. The van der Waals surface area contributed by atoms with Crippen LogP contribution in [0.4, 0.5) is 4.79 Å². The molecular weight excluding hydrogens is 316 g/mol. The van der Waals surface area contributed by atoms with Crippen molar-refractivity contribution in [1.82, 2.24) is 29.4 Å². The standard InChI is InChI=1S/C18H22N6O/c1-22-11-15(10-20-22)14-6-9-24(12-14)18(25)19-7-5-16-13-23-8-3-2-4-17(23)21-16/h2-4,8,10-11,13-14H,5-7,9,12H2,1H3,(H,19,25)/t14-/m1/s1. The molecule has 0 unspecified atom stereocenters. The third-order valence-electron chi connectivity index (χ3n) is 4.74. The molecule has 3 aromatic heterocycles. The molecule has 0 radical (unpaired) electrons. The Labute approximate surface area is 146 Å². The first kappa shape index (κ1) is 15.7. The van der Waals surface area contributed by atoms with Crippen molar-refractivity contribution in [2.45, 2.75) is 18.8 Å². The van der Waals surface area contributed by atoms with E-state index in [2.05, 4.69) is 15.4 Å². The number of likely N-dealkylation sites (tertiary alicyclic amines) is 1. The Morgan fingerprint density at radius 3 is 3.08 bits per heavy atom. The van der Waals surface area contributed by atoms with Crippen LogP contribution in [0.15, 0.2) is 43.0 Å². The molecule has 130 valence electrons. The van der Waals surface area contributed by atoms with Gasteiger partial charge in [0.25, 0.3) is 0 Å². The number of rotatable bonds is 4. The lowest BCUT2D eigenvalue weighted by atomic mass is 10.0. The molecule has 0 bridgehead atoms. The SMILES string of the molecule is Cn1cc([C@@H]2CCN(C(=O)NCCc3cn4ccccc4n3)C2)cn1. The largest absolute Gasteiger partial charge is 0.338 e. The van der Waals surface area contributed by atoms with Crippen LogP contribution in [-0.4, -0.2) is 49.7 Å². The van der Waals surface area contributed by atoms with Crippen LogP contribution < -0.4 is 5.32 Å². The third kappa shape index (κ3) is 3.35. The quantitative estimate of drug-likeness (QED) is 0.789. The molecule has 7 heteroatoms. The van der Waals surface area contributed by atoms with Crippen LogP contribution in [0.2, 0.25) is 0 Å². The van der Waals surface area contributed by atoms with E-state index in [1.54, 1.807) is 0 Å². The van der Waals surface area contributed by atoms with Crippen molar-refractivity contribution < 1.29 is 4.79 Å². The second kappa shape index (κ2) is 6.58. The number of pyridine rings is 1. The highest BCUT2D eigenvalue weighted by atomic mass is 16.2. The van der Waals surface area contributed by atoms with E-state index >= 15 is 0 Å². The minimum absolute atomic E-state index is 0.00940. The smallest absolute Gasteiger partial charge is 0.317 e. The summed E-state index contributed by atoms with van der Waals surface area (Å²) in [5.41, 5.74) is 3.13. The van der Waals surface area contributed by atoms with E-state index in [1.165, 1.54) is 5.56 Å². The van der Waals surface area contributed by atoms with Gasteiger partial charge in [0.15, 0.2) is 0 Å². The summed E-state index contributed by atoms with van der Waals surface area (Å²) < 4.78 is 3.81. The maximum atomic E-state index is 12.4. The van der Waals surface area contributed by atoms with Gasteiger partial charge in [0.2, 0.25) is 0 Å². The van der Waals surface area contributed by atoms with Crippen LogP contribution in [-0.2, 0) is 13.5 Å². The van der Waals surface area contributed by atoms with Gasteiger partial charge in [-0.1, -0.05) is 6.07 Å². The number of aromatic nitrogens is 4. The molecule has 1 saturated heterocycles. The van der Waals surface area contributed by atoms with Gasteiger partial charge in [-0.15, -0.1) is 0 Å². The average molecular weight is 338 g/mol. The van der Waals surface area contributed by atoms with Crippen molar-refractivity contribution in [3.05, 3.63) is 54.2 Å². The van der Waals surface area contributed by atoms with Gasteiger partial charge in [-0.3, -0.25) is 4.68 Å². The highest BCUT2D eigenvalue weighted by Gasteiger charge is 2.27. The fourth-order valence-electron chi connectivity index (χ4n) is 3.38. The van der Waals surface area contributed by atoms with Gasteiger partial charge in [0.1, 0.15) is 5.65 Å². The van der Waals surface area contributed by atoms with E-state index in [9.17, 15) is 4.79 Å². The zero-order valence-electron chi connectivity index (χ0n) is 14.3. The molecule has 1 aliphatic heterocycles. The fraction of sp³-hybridized carbons (Fsp3) is 0.389. The van der Waals surface area contributed by atoms with Gasteiger partial charge in [0, 0.05) is 57.6 Å². The van der Waals surface area contributed by atoms with Crippen LogP contribution >= 0.6 is 0 Å². The van der Waals surface area contributed by atoms with Crippen molar-refractivity contribution in [3.63, 3.8) is 0 Å². The van der Waals surface area contributed by atoms with Gasteiger partial charge in [-0.05, 0) is 24.1 Å². The van der Waals surface area contributed by atoms with E-state index in [1.807, 2.05) is 64.0 Å². The molecule has 1 atom stereocenters. The van der Waals surface area contributed by atoms with Crippen molar-refractivity contribution in [3.8, 4) is 0 Å². The van der Waals surface area contributed by atoms with E-state index in [-0.39, 0.29) is 6.03 Å². The summed E-state index contributed by atoms with van der Waals surface area (Å²) in [4.78, 5) is 18.8. The first-order chi connectivity index (χ1) is 12.2. The summed E-state index contributed by atoms with van der Waals surface area (Å²) >= 11 is 0. The number of carbonyl (C=O) groups is 1. The first-order valence-electron chi connectivity index (χ1n) is 8.63. The predicted molar refractivity (Wildman–Crippen MR) is 94.4 cm³/mol. The number of hydrogen-bond donors (Lipinski definition) is 1. The molecule has 25 heavy (non-hydrogen) atoms. The molecule has 4 rings (SSSR count). The highest BCUT2D eigenvalue weighted by Crippen LogP contribution is 2.26. The maximum absolute atomic E-state index is 12.4. The lowest BCUT2D eigenvalue weighted by Gasteiger charge is -2.17. The van der Waals surface area contributed by atoms with Crippen molar-refractivity contribution in [1.29, 1.82) is 0 Å². The zero-order chi connectivity index (χ0) is 17.2. The van der Waals surface area contributed by atoms with Crippen LogP contribution in [0.25, 0.3) is 5.65 Å². The Balaban J connectivity index is 1.28. The minimum atomic E-state index is 0.00940. The molecule has 1 aliphatic rings. The van der Waals surface area contributed by atoms with E-state index < -0.39 is 0 Å². The Morgan fingerprint density at radius 2 is 2.28 bits per heavy atom. The number of aryl methyl sites for hydroxylation is 1. The molecule has 3 aromatic rings. The molecule has 7 nitrogen and oxygen atoms in total. The highest BCUT2D eigenvalue weighted by molar-refractivity contribution is 5.74. The van der Waals surface area contributed by atoms with Crippen LogP contribution in [0, 0.1) is 0 Å². The van der Waals surface area contributed by atoms with Gasteiger partial charge in [-0.2, -0.15) is 5.10 Å². The molecule has 0 aromatic carbocycles. The average Bonchev–Trinajstić information content (AvgIpc) is 3.32. The topological polar surface area (TPSA) is 67.5 Å². The Kier molecular flexibility index (Phi) is 4.13. The number of urea groups is 1. The molecule has 1 fully saturated rings. The van der Waals surface area contributed by atoms with Gasteiger partial charge >= 0.3 is 6.03 Å². The molecule has 1 N–H and O–H groups in total. The number of hydrogen-bond acceptors (Lipinski definition) is 3. The normalized spacial score (nSPS) is 17.3. The molecule has 0 saturated carbocycles. The molecular formula is C18H22N6O. The molecule has 2 amide bonds. The zero-order valence-corrected chi connectivity index (χ0v) is 14.3. The first-order valence-corrected chi connectivity index (χ1v) is 8.63. The summed E-state index contributed by atoms with van der Waals surface area (Å²) in [6, 6.07) is 5.94. The summed E-state index contributed by atoms with van der Waals surface area (Å²) in [6.45, 7) is 2.14. The maximum Gasteiger partial charge on any atom is 0.317 e. The molecule has 0 spiro atoms.